The molecule has 3 rings (SSSR count). The summed E-state index contributed by atoms with van der Waals surface area (Å²) >= 11 is 6.33. The molecule has 130 valence electrons. The Labute approximate surface area is 150 Å². The Balaban J connectivity index is 1.94. The molecule has 0 atom stereocenters. The summed E-state index contributed by atoms with van der Waals surface area (Å²) in [4.78, 5) is 12.2. The van der Waals surface area contributed by atoms with E-state index in [-0.39, 0.29) is 18.0 Å². The third kappa shape index (κ3) is 3.69. The summed E-state index contributed by atoms with van der Waals surface area (Å²) in [6.45, 7) is 4.16. The van der Waals surface area contributed by atoms with Gasteiger partial charge in [-0.1, -0.05) is 37.1 Å². The largest absolute Gasteiger partial charge is 0.487 e. The van der Waals surface area contributed by atoms with Gasteiger partial charge in [-0.05, 0) is 42.7 Å². The van der Waals surface area contributed by atoms with Crippen LogP contribution in [-0.2, 0) is 13.0 Å². The van der Waals surface area contributed by atoms with Crippen LogP contribution in [0.5, 0.6) is 5.75 Å². The Bertz CT molecular complexity index is 961. The summed E-state index contributed by atoms with van der Waals surface area (Å²) < 4.78 is 24.1. The molecule has 25 heavy (non-hydrogen) atoms. The summed E-state index contributed by atoms with van der Waals surface area (Å²) in [5.74, 6) is 0.122. The second kappa shape index (κ2) is 7.28. The monoisotopic (exact) mass is 360 g/mol. The smallest absolute Gasteiger partial charge is 0.339 e. The van der Waals surface area contributed by atoms with Gasteiger partial charge in [-0.25, -0.2) is 9.18 Å². The molecule has 0 spiro atoms. The quantitative estimate of drug-likeness (QED) is 0.570. The summed E-state index contributed by atoms with van der Waals surface area (Å²) in [6.07, 6.45) is 1.54. The average Bonchev–Trinajstić information content (AvgIpc) is 2.59. The maximum absolute atomic E-state index is 12.9. The molecule has 1 heterocycles. The maximum atomic E-state index is 12.9. The first-order valence-electron chi connectivity index (χ1n) is 8.12. The number of aryl methyl sites for hydroxylation is 1. The molecule has 0 aliphatic carbocycles. The van der Waals surface area contributed by atoms with Gasteiger partial charge >= 0.3 is 5.63 Å². The molecule has 3 aromatic rings. The topological polar surface area (TPSA) is 39.4 Å². The van der Waals surface area contributed by atoms with Crippen LogP contribution in [-0.4, -0.2) is 0 Å². The van der Waals surface area contributed by atoms with E-state index in [2.05, 4.69) is 0 Å². The molecule has 0 saturated carbocycles. The highest BCUT2D eigenvalue weighted by atomic mass is 35.5. The minimum atomic E-state index is -0.321. The van der Waals surface area contributed by atoms with Crippen LogP contribution in [0, 0.1) is 12.7 Å². The minimum absolute atomic E-state index is 0.239. The molecule has 1 aromatic heterocycles. The van der Waals surface area contributed by atoms with Crippen LogP contribution in [0.3, 0.4) is 0 Å². The molecule has 0 amide bonds. The van der Waals surface area contributed by atoms with E-state index in [0.29, 0.717) is 28.3 Å². The lowest BCUT2D eigenvalue weighted by atomic mass is 10.0. The Morgan fingerprint density at radius 2 is 1.92 bits per heavy atom. The van der Waals surface area contributed by atoms with Gasteiger partial charge in [0.2, 0.25) is 0 Å². The van der Waals surface area contributed by atoms with E-state index in [9.17, 15) is 9.18 Å². The molecule has 0 saturated heterocycles. The van der Waals surface area contributed by atoms with Crippen LogP contribution in [0.4, 0.5) is 4.39 Å². The van der Waals surface area contributed by atoms with Gasteiger partial charge in [-0.15, -0.1) is 0 Å². The molecule has 0 aliphatic heterocycles. The van der Waals surface area contributed by atoms with Gasteiger partial charge in [-0.3, -0.25) is 0 Å². The zero-order chi connectivity index (χ0) is 18.0. The standard InChI is InChI=1S/C20H18ClFO3/c1-3-4-15-12(2)16-9-17(21)19(10-18(16)25-20(15)23)24-11-13-5-7-14(22)8-6-13/h5-10H,3-4,11H2,1-2H3. The highest BCUT2D eigenvalue weighted by Crippen LogP contribution is 2.32. The Kier molecular flexibility index (Phi) is 5.09. The number of benzene rings is 2. The molecule has 0 bridgehead atoms. The second-order valence-electron chi connectivity index (χ2n) is 5.94. The van der Waals surface area contributed by atoms with Crippen LogP contribution in [0.1, 0.15) is 30.0 Å². The molecule has 0 fully saturated rings. The van der Waals surface area contributed by atoms with Crippen molar-refractivity contribution in [3.05, 3.63) is 74.3 Å². The number of halogens is 2. The third-order valence-electron chi connectivity index (χ3n) is 4.15. The van der Waals surface area contributed by atoms with Crippen LogP contribution in [0.25, 0.3) is 11.0 Å². The zero-order valence-electron chi connectivity index (χ0n) is 14.1. The summed E-state index contributed by atoms with van der Waals surface area (Å²) in [6, 6.07) is 9.42. The van der Waals surface area contributed by atoms with Gasteiger partial charge in [0.25, 0.3) is 0 Å². The Morgan fingerprint density at radius 3 is 2.60 bits per heavy atom. The molecular formula is C20H18ClFO3. The number of hydrogen-bond acceptors (Lipinski definition) is 3. The predicted molar refractivity (Wildman–Crippen MR) is 97.0 cm³/mol. The molecule has 3 nitrogen and oxygen atoms in total. The maximum Gasteiger partial charge on any atom is 0.339 e. The lowest BCUT2D eigenvalue weighted by molar-refractivity contribution is 0.306. The van der Waals surface area contributed by atoms with Crippen LogP contribution < -0.4 is 10.4 Å². The van der Waals surface area contributed by atoms with Gasteiger partial charge in [0.15, 0.2) is 0 Å². The highest BCUT2D eigenvalue weighted by molar-refractivity contribution is 6.32. The van der Waals surface area contributed by atoms with Gasteiger partial charge < -0.3 is 9.15 Å². The fourth-order valence-corrected chi connectivity index (χ4v) is 3.00. The first-order valence-corrected chi connectivity index (χ1v) is 8.50. The highest BCUT2D eigenvalue weighted by Gasteiger charge is 2.14. The summed E-state index contributed by atoms with van der Waals surface area (Å²) in [7, 11) is 0. The van der Waals surface area contributed by atoms with Crippen LogP contribution >= 0.6 is 11.6 Å². The van der Waals surface area contributed by atoms with Crippen molar-refractivity contribution in [3.63, 3.8) is 0 Å². The first kappa shape index (κ1) is 17.5. The van der Waals surface area contributed by atoms with Gasteiger partial charge in [0.1, 0.15) is 23.8 Å². The molecular weight excluding hydrogens is 343 g/mol. The summed E-state index contributed by atoms with van der Waals surface area (Å²) in [5.41, 5.74) is 2.51. The van der Waals surface area contributed by atoms with E-state index < -0.39 is 0 Å². The van der Waals surface area contributed by atoms with E-state index in [4.69, 9.17) is 20.8 Å². The normalized spacial score (nSPS) is 11.0. The fourth-order valence-electron chi connectivity index (χ4n) is 2.78. The second-order valence-corrected chi connectivity index (χ2v) is 6.34. The number of ether oxygens (including phenoxy) is 1. The molecule has 0 radical (unpaired) electrons. The van der Waals surface area contributed by atoms with Crippen molar-refractivity contribution in [2.45, 2.75) is 33.3 Å². The van der Waals surface area contributed by atoms with Crippen molar-refractivity contribution in [3.8, 4) is 5.75 Å². The van der Waals surface area contributed by atoms with Crippen LogP contribution in [0.2, 0.25) is 5.02 Å². The van der Waals surface area contributed by atoms with E-state index >= 15 is 0 Å². The van der Waals surface area contributed by atoms with Crippen molar-refractivity contribution in [2.24, 2.45) is 0 Å². The van der Waals surface area contributed by atoms with Crippen LogP contribution in [0.15, 0.2) is 45.6 Å². The molecule has 5 heteroatoms. The van der Waals surface area contributed by atoms with E-state index in [0.717, 1.165) is 22.9 Å². The van der Waals surface area contributed by atoms with Crippen molar-refractivity contribution >= 4 is 22.6 Å². The van der Waals surface area contributed by atoms with Crippen molar-refractivity contribution in [1.29, 1.82) is 0 Å². The third-order valence-corrected chi connectivity index (χ3v) is 4.44. The van der Waals surface area contributed by atoms with E-state index in [1.165, 1.54) is 12.1 Å². The Morgan fingerprint density at radius 1 is 1.20 bits per heavy atom. The summed E-state index contributed by atoms with van der Waals surface area (Å²) in [5, 5.41) is 1.25. The zero-order valence-corrected chi connectivity index (χ0v) is 14.8. The van der Waals surface area contributed by atoms with Gasteiger partial charge in [0, 0.05) is 17.0 Å². The lowest BCUT2D eigenvalue weighted by Gasteiger charge is -2.11. The average molecular weight is 361 g/mol. The fraction of sp³-hybridized carbons (Fsp3) is 0.250. The number of fused-ring (bicyclic) bond motifs is 1. The Hall–Kier alpha value is -2.33. The van der Waals surface area contributed by atoms with Crippen molar-refractivity contribution in [1.82, 2.24) is 0 Å². The molecule has 0 aliphatic rings. The predicted octanol–water partition coefficient (Wildman–Crippen LogP) is 5.43. The minimum Gasteiger partial charge on any atom is -0.487 e. The number of hydrogen-bond donors (Lipinski definition) is 0. The molecule has 0 unspecified atom stereocenters. The first-order chi connectivity index (χ1) is 12.0. The molecule has 0 N–H and O–H groups in total. The van der Waals surface area contributed by atoms with Crippen molar-refractivity contribution in [2.75, 3.05) is 0 Å². The van der Waals surface area contributed by atoms with Crippen molar-refractivity contribution < 1.29 is 13.5 Å². The van der Waals surface area contributed by atoms with E-state index in [1.807, 2.05) is 13.8 Å². The van der Waals surface area contributed by atoms with Gasteiger partial charge in [-0.2, -0.15) is 0 Å². The lowest BCUT2D eigenvalue weighted by Crippen LogP contribution is -2.10. The SMILES string of the molecule is CCCc1c(C)c2cc(Cl)c(OCc3ccc(F)cc3)cc2oc1=O. The van der Waals surface area contributed by atoms with E-state index in [1.54, 1.807) is 24.3 Å². The molecule has 2 aromatic carbocycles. The number of rotatable bonds is 5. The van der Waals surface area contributed by atoms with Gasteiger partial charge in [0.05, 0.1) is 5.02 Å².